The van der Waals surface area contributed by atoms with Gasteiger partial charge in [-0.05, 0) is 13.8 Å². The van der Waals surface area contributed by atoms with Gasteiger partial charge in [0.15, 0.2) is 0 Å². The number of nitrogens with one attached hydrogen (secondary N) is 2. The first-order valence-electron chi connectivity index (χ1n) is 7.08. The Morgan fingerprint density at radius 3 is 1.42 bits per heavy atom. The standard InChI is InChI=1S/C12H22N2O8S2/c1-3-23(17,18)13-7-9-21-11(15)5-6-12(16)22-10-8-14-24(19,20)4-2/h5-6,13-14H,3-4,7-10H2,1-2H3/b6-5+. The summed E-state index contributed by atoms with van der Waals surface area (Å²) in [4.78, 5) is 22.5. The van der Waals surface area contributed by atoms with Gasteiger partial charge in [0.2, 0.25) is 20.0 Å². The fraction of sp³-hybridized carbons (Fsp3) is 0.667. The van der Waals surface area contributed by atoms with Crippen molar-refractivity contribution in [3.8, 4) is 0 Å². The van der Waals surface area contributed by atoms with Crippen molar-refractivity contribution in [2.75, 3.05) is 37.8 Å². The van der Waals surface area contributed by atoms with Gasteiger partial charge in [-0.3, -0.25) is 0 Å². The summed E-state index contributed by atoms with van der Waals surface area (Å²) >= 11 is 0. The number of carbonyl (C=O) groups excluding carboxylic acids is 2. The van der Waals surface area contributed by atoms with Gasteiger partial charge in [-0.25, -0.2) is 35.9 Å². The first kappa shape index (κ1) is 22.5. The summed E-state index contributed by atoms with van der Waals surface area (Å²) in [7, 11) is -6.70. The highest BCUT2D eigenvalue weighted by molar-refractivity contribution is 7.89. The minimum absolute atomic E-state index is 0.0717. The zero-order valence-corrected chi connectivity index (χ0v) is 15.1. The second-order valence-corrected chi connectivity index (χ2v) is 8.45. The second-order valence-electron chi connectivity index (χ2n) is 4.26. The van der Waals surface area contributed by atoms with Gasteiger partial charge in [0.25, 0.3) is 0 Å². The minimum atomic E-state index is -3.35. The number of sulfonamides is 2. The van der Waals surface area contributed by atoms with Gasteiger partial charge >= 0.3 is 11.9 Å². The molecule has 0 aromatic rings. The Hall–Kier alpha value is -1.50. The van der Waals surface area contributed by atoms with Crippen LogP contribution in [0.2, 0.25) is 0 Å². The van der Waals surface area contributed by atoms with Crippen molar-refractivity contribution in [3.05, 3.63) is 12.2 Å². The van der Waals surface area contributed by atoms with Crippen molar-refractivity contribution >= 4 is 32.0 Å². The number of hydrogen-bond acceptors (Lipinski definition) is 8. The Balaban J connectivity index is 3.91. The molecule has 0 aromatic carbocycles. The van der Waals surface area contributed by atoms with Crippen LogP contribution in [0.1, 0.15) is 13.8 Å². The maximum atomic E-state index is 11.3. The van der Waals surface area contributed by atoms with Gasteiger partial charge in [-0.2, -0.15) is 0 Å². The van der Waals surface area contributed by atoms with E-state index < -0.39 is 32.0 Å². The molecule has 10 nitrogen and oxygen atoms in total. The Morgan fingerprint density at radius 1 is 0.792 bits per heavy atom. The van der Waals surface area contributed by atoms with E-state index in [0.717, 1.165) is 12.2 Å². The number of carbonyl (C=O) groups is 2. The highest BCUT2D eigenvalue weighted by Crippen LogP contribution is 1.88. The molecule has 0 aromatic heterocycles. The van der Waals surface area contributed by atoms with Gasteiger partial charge in [0, 0.05) is 25.2 Å². The molecule has 0 bridgehead atoms. The van der Waals surface area contributed by atoms with Crippen molar-refractivity contribution in [2.45, 2.75) is 13.8 Å². The Bertz CT molecular complexity index is 584. The molecule has 0 heterocycles. The lowest BCUT2D eigenvalue weighted by Gasteiger charge is -2.05. The second kappa shape index (κ2) is 11.1. The van der Waals surface area contributed by atoms with E-state index >= 15 is 0 Å². The summed E-state index contributed by atoms with van der Waals surface area (Å²) in [6, 6.07) is 0. The molecule has 0 aliphatic heterocycles. The Labute approximate surface area is 141 Å². The molecule has 0 spiro atoms. The molecule has 0 radical (unpaired) electrons. The molecule has 0 fully saturated rings. The molecular weight excluding hydrogens is 364 g/mol. The summed E-state index contributed by atoms with van der Waals surface area (Å²) in [6.07, 6.45) is 1.65. The lowest BCUT2D eigenvalue weighted by Crippen LogP contribution is -2.29. The predicted octanol–water partition coefficient (Wildman–Crippen LogP) is -1.49. The Kier molecular flexibility index (Phi) is 10.4. The van der Waals surface area contributed by atoms with Crippen LogP contribution in [0, 0.1) is 0 Å². The van der Waals surface area contributed by atoms with Gasteiger partial charge in [0.1, 0.15) is 13.2 Å². The van der Waals surface area contributed by atoms with Crippen LogP contribution in [0.3, 0.4) is 0 Å². The van der Waals surface area contributed by atoms with Gasteiger partial charge < -0.3 is 9.47 Å². The molecule has 0 aliphatic rings. The van der Waals surface area contributed by atoms with Crippen molar-refractivity contribution in [1.82, 2.24) is 9.44 Å². The average Bonchev–Trinajstić information content (AvgIpc) is 2.53. The summed E-state index contributed by atoms with van der Waals surface area (Å²) < 4.78 is 58.1. The third kappa shape index (κ3) is 12.0. The van der Waals surface area contributed by atoms with E-state index in [0.29, 0.717) is 0 Å². The van der Waals surface area contributed by atoms with E-state index in [1.54, 1.807) is 0 Å². The summed E-state index contributed by atoms with van der Waals surface area (Å²) in [5.41, 5.74) is 0. The molecule has 24 heavy (non-hydrogen) atoms. The van der Waals surface area contributed by atoms with Crippen LogP contribution in [-0.2, 0) is 39.1 Å². The van der Waals surface area contributed by atoms with E-state index in [1.165, 1.54) is 13.8 Å². The van der Waals surface area contributed by atoms with Crippen LogP contribution in [-0.4, -0.2) is 66.6 Å². The van der Waals surface area contributed by atoms with E-state index in [4.69, 9.17) is 0 Å². The topological polar surface area (TPSA) is 145 Å². The molecule has 140 valence electrons. The predicted molar refractivity (Wildman–Crippen MR) is 86.0 cm³/mol. The first-order chi connectivity index (χ1) is 11.1. The first-order valence-corrected chi connectivity index (χ1v) is 10.4. The van der Waals surface area contributed by atoms with Crippen LogP contribution >= 0.6 is 0 Å². The van der Waals surface area contributed by atoms with Crippen LogP contribution in [0.15, 0.2) is 12.2 Å². The fourth-order valence-electron chi connectivity index (χ4n) is 1.13. The highest BCUT2D eigenvalue weighted by atomic mass is 32.2. The van der Waals surface area contributed by atoms with Gasteiger partial charge in [-0.15, -0.1) is 0 Å². The lowest BCUT2D eigenvalue weighted by molar-refractivity contribution is -0.140. The smallest absolute Gasteiger partial charge is 0.331 e. The third-order valence-electron chi connectivity index (χ3n) is 2.45. The number of hydrogen-bond donors (Lipinski definition) is 2. The molecular formula is C12H22N2O8S2. The summed E-state index contributed by atoms with van der Waals surface area (Å²) in [5, 5.41) is 0. The van der Waals surface area contributed by atoms with Crippen molar-refractivity contribution in [2.24, 2.45) is 0 Å². The SMILES string of the molecule is CCS(=O)(=O)NCCOC(=O)/C=C/C(=O)OCCNS(=O)(=O)CC. The zero-order valence-electron chi connectivity index (χ0n) is 13.5. The molecule has 0 aliphatic carbocycles. The maximum Gasteiger partial charge on any atom is 0.331 e. The molecule has 0 unspecified atom stereocenters. The monoisotopic (exact) mass is 386 g/mol. The van der Waals surface area contributed by atoms with Gasteiger partial charge in [0.05, 0.1) is 11.5 Å². The largest absolute Gasteiger partial charge is 0.461 e. The molecule has 0 amide bonds. The molecule has 0 rings (SSSR count). The highest BCUT2D eigenvalue weighted by Gasteiger charge is 2.07. The summed E-state index contributed by atoms with van der Waals surface area (Å²) in [6.45, 7) is 2.42. The molecule has 2 N–H and O–H groups in total. The van der Waals surface area contributed by atoms with Gasteiger partial charge in [-0.1, -0.05) is 0 Å². The van der Waals surface area contributed by atoms with E-state index in [9.17, 15) is 26.4 Å². The third-order valence-corrected chi connectivity index (χ3v) is 5.26. The maximum absolute atomic E-state index is 11.3. The number of esters is 2. The molecule has 12 heteroatoms. The Morgan fingerprint density at radius 2 is 1.12 bits per heavy atom. The van der Waals surface area contributed by atoms with Crippen LogP contribution in [0.4, 0.5) is 0 Å². The van der Waals surface area contributed by atoms with E-state index in [1.807, 2.05) is 0 Å². The fourth-order valence-corrected chi connectivity index (χ4v) is 2.33. The van der Waals surface area contributed by atoms with Crippen molar-refractivity contribution < 1.29 is 35.9 Å². The average molecular weight is 386 g/mol. The van der Waals surface area contributed by atoms with E-state index in [2.05, 4.69) is 18.9 Å². The quantitative estimate of drug-likeness (QED) is 0.234. The number of rotatable bonds is 12. The van der Waals surface area contributed by atoms with Crippen LogP contribution < -0.4 is 9.44 Å². The van der Waals surface area contributed by atoms with E-state index in [-0.39, 0.29) is 37.8 Å². The van der Waals surface area contributed by atoms with Crippen molar-refractivity contribution in [3.63, 3.8) is 0 Å². The molecule has 0 saturated carbocycles. The molecule has 0 saturated heterocycles. The van der Waals surface area contributed by atoms with Crippen LogP contribution in [0.5, 0.6) is 0 Å². The zero-order chi connectivity index (χ0) is 18.6. The van der Waals surface area contributed by atoms with Crippen molar-refractivity contribution in [1.29, 1.82) is 0 Å². The van der Waals surface area contributed by atoms with Crippen LogP contribution in [0.25, 0.3) is 0 Å². The number of ether oxygens (including phenoxy) is 2. The normalized spacial score (nSPS) is 12.2. The summed E-state index contributed by atoms with van der Waals surface area (Å²) in [5.74, 6) is -1.84. The minimum Gasteiger partial charge on any atom is -0.461 e. The lowest BCUT2D eigenvalue weighted by atomic mass is 10.5. The molecule has 0 atom stereocenters.